The molecule has 2 aliphatic heterocycles. The Balaban J connectivity index is 1.48. The Bertz CT molecular complexity index is 1530. The molecule has 2 aliphatic rings. The van der Waals surface area contributed by atoms with Gasteiger partial charge in [-0.15, -0.1) is 0 Å². The molecular weight excluding hydrogens is 1010 g/mol. The largest absolute Gasteiger partial charge is 0.394 e. The molecule has 12 unspecified atom stereocenters. The third kappa shape index (κ3) is 35.9. The van der Waals surface area contributed by atoms with Gasteiger partial charge < -0.3 is 65.1 Å². The molecule has 0 spiro atoms. The van der Waals surface area contributed by atoms with Gasteiger partial charge in [-0.2, -0.15) is 0 Å². The van der Waals surface area contributed by atoms with Crippen LogP contribution >= 0.6 is 0 Å². The Morgan fingerprint density at radius 3 is 1.32 bits per heavy atom. The third-order valence-electron chi connectivity index (χ3n) is 16.1. The number of unbranched alkanes of at least 4 members (excludes halogenated alkanes) is 32. The van der Waals surface area contributed by atoms with Crippen LogP contribution in [-0.2, 0) is 23.7 Å². The number of nitrogens with one attached hydrogen (secondary N) is 1. The molecule has 80 heavy (non-hydrogen) atoms. The molecule has 0 aromatic heterocycles. The highest BCUT2D eigenvalue weighted by Gasteiger charge is 2.51. The van der Waals surface area contributed by atoms with Crippen molar-refractivity contribution in [3.8, 4) is 0 Å². The molecule has 9 N–H and O–H groups in total. The van der Waals surface area contributed by atoms with Crippen molar-refractivity contribution >= 4 is 5.91 Å². The van der Waals surface area contributed by atoms with Gasteiger partial charge in [0.1, 0.15) is 48.8 Å². The summed E-state index contributed by atoms with van der Waals surface area (Å²) in [7, 11) is 0. The molecule has 14 nitrogen and oxygen atoms in total. The summed E-state index contributed by atoms with van der Waals surface area (Å²) in [4.78, 5) is 13.2. The molecule has 2 heterocycles. The van der Waals surface area contributed by atoms with Crippen molar-refractivity contribution < 1.29 is 64.6 Å². The number of carbonyl (C=O) groups excluding carboxylic acids is 1. The molecule has 468 valence electrons. The second kappa shape index (κ2) is 51.4. The van der Waals surface area contributed by atoms with E-state index in [1.165, 1.54) is 167 Å². The Kier molecular flexibility index (Phi) is 47.6. The van der Waals surface area contributed by atoms with E-state index in [0.717, 1.165) is 77.0 Å². The van der Waals surface area contributed by atoms with E-state index < -0.39 is 86.8 Å². The lowest BCUT2D eigenvalue weighted by atomic mass is 9.97. The first-order valence-electron chi connectivity index (χ1n) is 32.9. The summed E-state index contributed by atoms with van der Waals surface area (Å²) in [5, 5.41) is 86.9. The minimum absolute atomic E-state index is 0.207. The van der Waals surface area contributed by atoms with Gasteiger partial charge in [0.05, 0.1) is 32.0 Å². The summed E-state index contributed by atoms with van der Waals surface area (Å²) in [6.07, 6.45) is 49.2. The van der Waals surface area contributed by atoms with E-state index in [2.05, 4.69) is 67.8 Å². The van der Waals surface area contributed by atoms with Gasteiger partial charge in [-0.05, 0) is 51.4 Å². The van der Waals surface area contributed by atoms with Crippen LogP contribution in [0.25, 0.3) is 0 Å². The van der Waals surface area contributed by atoms with Gasteiger partial charge in [-0.25, -0.2) is 0 Å². The van der Waals surface area contributed by atoms with Crippen molar-refractivity contribution in [2.45, 2.75) is 344 Å². The molecular formula is C66H121NO13. The number of aliphatic hydroxyl groups excluding tert-OH is 8. The average Bonchev–Trinajstić information content (AvgIpc) is 3.48. The molecule has 0 aromatic rings. The molecule has 0 aliphatic carbocycles. The molecule has 2 rings (SSSR count). The van der Waals surface area contributed by atoms with Gasteiger partial charge in [0.25, 0.3) is 0 Å². The summed E-state index contributed by atoms with van der Waals surface area (Å²) in [6, 6.07) is -0.823. The Hall–Kier alpha value is -2.05. The number of allylic oxidation sites excluding steroid dienone is 8. The van der Waals surface area contributed by atoms with E-state index in [1.807, 2.05) is 0 Å². The Labute approximate surface area is 486 Å². The summed E-state index contributed by atoms with van der Waals surface area (Å²) in [6.45, 7) is 2.70. The van der Waals surface area contributed by atoms with Gasteiger partial charge in [0.15, 0.2) is 12.6 Å². The fourth-order valence-electron chi connectivity index (χ4n) is 10.8. The smallest absolute Gasteiger partial charge is 0.220 e. The minimum Gasteiger partial charge on any atom is -0.394 e. The summed E-state index contributed by atoms with van der Waals surface area (Å²) in [5.41, 5.74) is 0. The molecule has 14 heteroatoms. The highest BCUT2D eigenvalue weighted by atomic mass is 16.7. The topological polar surface area (TPSA) is 228 Å². The van der Waals surface area contributed by atoms with Crippen molar-refractivity contribution in [2.24, 2.45) is 0 Å². The first kappa shape index (κ1) is 74.1. The number of hydrogen-bond acceptors (Lipinski definition) is 13. The number of carbonyl (C=O) groups is 1. The Morgan fingerprint density at radius 1 is 0.463 bits per heavy atom. The van der Waals surface area contributed by atoms with E-state index in [0.29, 0.717) is 12.8 Å². The van der Waals surface area contributed by atoms with Crippen LogP contribution in [0.2, 0.25) is 0 Å². The third-order valence-corrected chi connectivity index (χ3v) is 16.1. The van der Waals surface area contributed by atoms with Crippen LogP contribution in [0.15, 0.2) is 48.6 Å². The second-order valence-corrected chi connectivity index (χ2v) is 23.2. The van der Waals surface area contributed by atoms with E-state index in [4.69, 9.17) is 18.9 Å². The monoisotopic (exact) mass is 1140 g/mol. The van der Waals surface area contributed by atoms with Crippen LogP contribution in [0, 0.1) is 0 Å². The standard InChI is InChI=1S/C66H121NO13/c1-3-5-7-9-11-12-13-14-15-16-17-18-19-20-21-22-23-24-25-26-27-28-29-30-31-32-33-34-35-36-37-38-39-40-41-42-44-46-48-50-58(71)67-54(55(70)49-47-45-43-10-8-6-4-2)53-77-65-63(76)61(74)64(57(52-69)79-65)80-66-62(75)60(73)59(72)56(51-68)78-66/h5,7,11-12,14-15,17-18,54-57,59-66,68-70,72-76H,3-4,6,8-10,13,16,19-53H2,1-2H3,(H,67,71)/b7-5-,12-11-,15-14-,18-17-. The van der Waals surface area contributed by atoms with Crippen LogP contribution in [0.1, 0.15) is 271 Å². The lowest BCUT2D eigenvalue weighted by Crippen LogP contribution is -2.65. The van der Waals surface area contributed by atoms with Crippen molar-refractivity contribution in [3.05, 3.63) is 48.6 Å². The maximum atomic E-state index is 13.2. The summed E-state index contributed by atoms with van der Waals surface area (Å²) < 4.78 is 22.7. The van der Waals surface area contributed by atoms with Gasteiger partial charge in [0.2, 0.25) is 5.91 Å². The SMILES string of the molecule is CC/C=C\C/C=C\C/C=C\C/C=C\CCCCCCCCCCCCCCCCCCCCCCCCCCCCC(=O)NC(COC1OC(CO)C(OC2OC(CO)C(O)C(O)C2O)C(O)C1O)C(O)CCCCCCCCC. The molecule has 0 bridgehead atoms. The van der Waals surface area contributed by atoms with Crippen molar-refractivity contribution in [2.75, 3.05) is 19.8 Å². The molecule has 1 amide bonds. The molecule has 2 fully saturated rings. The zero-order valence-electron chi connectivity index (χ0n) is 50.6. The van der Waals surface area contributed by atoms with E-state index in [-0.39, 0.29) is 12.5 Å². The second-order valence-electron chi connectivity index (χ2n) is 23.2. The first-order valence-corrected chi connectivity index (χ1v) is 32.9. The van der Waals surface area contributed by atoms with Crippen LogP contribution in [0.3, 0.4) is 0 Å². The van der Waals surface area contributed by atoms with Gasteiger partial charge >= 0.3 is 0 Å². The lowest BCUT2D eigenvalue weighted by Gasteiger charge is -2.46. The van der Waals surface area contributed by atoms with Crippen LogP contribution in [-0.4, -0.2) is 140 Å². The molecule has 2 saturated heterocycles. The highest BCUT2D eigenvalue weighted by Crippen LogP contribution is 2.30. The number of rotatable bonds is 53. The lowest BCUT2D eigenvalue weighted by molar-refractivity contribution is -0.359. The van der Waals surface area contributed by atoms with Crippen molar-refractivity contribution in [3.63, 3.8) is 0 Å². The fourth-order valence-corrected chi connectivity index (χ4v) is 10.8. The number of ether oxygens (including phenoxy) is 4. The normalized spacial score (nSPS) is 24.5. The summed E-state index contributed by atoms with van der Waals surface area (Å²) in [5.74, 6) is -0.207. The van der Waals surface area contributed by atoms with Crippen LogP contribution < -0.4 is 5.32 Å². The average molecular weight is 1140 g/mol. The van der Waals surface area contributed by atoms with E-state index in [1.54, 1.807) is 0 Å². The molecule has 12 atom stereocenters. The minimum atomic E-state index is -1.78. The summed E-state index contributed by atoms with van der Waals surface area (Å²) >= 11 is 0. The van der Waals surface area contributed by atoms with Gasteiger partial charge in [-0.1, -0.05) is 262 Å². The van der Waals surface area contributed by atoms with E-state index >= 15 is 0 Å². The fraction of sp³-hybridized carbons (Fsp3) is 0.864. The predicted octanol–water partition coefficient (Wildman–Crippen LogP) is 12.3. The zero-order chi connectivity index (χ0) is 58.1. The maximum absolute atomic E-state index is 13.2. The van der Waals surface area contributed by atoms with E-state index in [9.17, 15) is 45.6 Å². The van der Waals surface area contributed by atoms with Crippen LogP contribution in [0.4, 0.5) is 0 Å². The number of aliphatic hydroxyl groups is 8. The molecule has 0 aromatic carbocycles. The van der Waals surface area contributed by atoms with Crippen LogP contribution in [0.5, 0.6) is 0 Å². The molecule has 0 saturated carbocycles. The highest BCUT2D eigenvalue weighted by molar-refractivity contribution is 5.76. The quantitative estimate of drug-likeness (QED) is 0.0204. The number of hydrogen-bond donors (Lipinski definition) is 9. The first-order chi connectivity index (χ1) is 39.1. The predicted molar refractivity (Wildman–Crippen MR) is 323 cm³/mol. The Morgan fingerprint density at radius 2 is 0.863 bits per heavy atom. The number of amides is 1. The maximum Gasteiger partial charge on any atom is 0.220 e. The van der Waals surface area contributed by atoms with Gasteiger partial charge in [-0.3, -0.25) is 4.79 Å². The molecule has 0 radical (unpaired) electrons. The van der Waals surface area contributed by atoms with Gasteiger partial charge in [0, 0.05) is 6.42 Å². The van der Waals surface area contributed by atoms with Crippen molar-refractivity contribution in [1.82, 2.24) is 5.32 Å². The zero-order valence-corrected chi connectivity index (χ0v) is 50.6. The van der Waals surface area contributed by atoms with Crippen molar-refractivity contribution in [1.29, 1.82) is 0 Å².